The van der Waals surface area contributed by atoms with Gasteiger partial charge in [0.15, 0.2) is 5.78 Å². The molecule has 0 unspecified atom stereocenters. The fourth-order valence-corrected chi connectivity index (χ4v) is 2.11. The van der Waals surface area contributed by atoms with Crippen molar-refractivity contribution >= 4 is 5.78 Å². The van der Waals surface area contributed by atoms with Crippen molar-refractivity contribution in [3.05, 3.63) is 90.5 Å². The maximum atomic E-state index is 12.2. The molecule has 0 saturated heterocycles. The van der Waals surface area contributed by atoms with Crippen molar-refractivity contribution in [1.29, 1.82) is 0 Å². The van der Waals surface area contributed by atoms with Gasteiger partial charge in [0.05, 0.1) is 20.5 Å². The predicted octanol–water partition coefficient (Wildman–Crippen LogP) is 5.17. The monoisotopic (exact) mass is 354 g/mol. The third-order valence-electron chi connectivity index (χ3n) is 3.84. The minimum absolute atomic E-state index is 0.0721. The second-order valence-corrected chi connectivity index (χ2v) is 6.07. The average molecular weight is 354 g/mol. The molecule has 1 N–H and O–H groups in total. The molecule has 4 nitrogen and oxygen atoms in total. The molecule has 0 atom stereocenters. The minimum atomic E-state index is -0.452. The van der Waals surface area contributed by atoms with Gasteiger partial charge in [-0.25, -0.2) is 0 Å². The van der Waals surface area contributed by atoms with Gasteiger partial charge in [-0.15, -0.1) is 6.58 Å². The van der Waals surface area contributed by atoms with Crippen LogP contribution in [0, 0.1) is 5.41 Å². The lowest BCUT2D eigenvalue weighted by Crippen LogP contribution is -2.11. The van der Waals surface area contributed by atoms with E-state index in [2.05, 4.69) is 6.58 Å². The summed E-state index contributed by atoms with van der Waals surface area (Å²) in [7, 11) is 3.08. The summed E-state index contributed by atoms with van der Waals surface area (Å²) >= 11 is 0. The van der Waals surface area contributed by atoms with Crippen LogP contribution in [0.15, 0.2) is 84.9 Å². The lowest BCUT2D eigenvalue weighted by Gasteiger charge is -2.22. The summed E-state index contributed by atoms with van der Waals surface area (Å²) in [4.78, 5) is 12.2. The zero-order valence-electron chi connectivity index (χ0n) is 15.7. The van der Waals surface area contributed by atoms with Gasteiger partial charge in [0, 0.05) is 22.6 Å². The smallest absolute Gasteiger partial charge is 0.185 e. The van der Waals surface area contributed by atoms with E-state index in [4.69, 9.17) is 9.47 Å². The highest BCUT2D eigenvalue weighted by Gasteiger charge is 2.20. The first kappa shape index (κ1) is 21.0. The molecule has 0 spiro atoms. The summed E-state index contributed by atoms with van der Waals surface area (Å²) in [5.74, 6) is 0.656. The predicted molar refractivity (Wildman–Crippen MR) is 105 cm³/mol. The number of carbonyl (C=O) groups is 1. The fraction of sp³-hybridized carbons (Fsp3) is 0.227. The highest BCUT2D eigenvalue weighted by molar-refractivity contribution is 6.04. The number of rotatable bonds is 9. The highest BCUT2D eigenvalue weighted by Crippen LogP contribution is 2.31. The molecule has 0 aliphatic heterocycles. The standard InChI is InChI=1S/C22H26O4/c1-6-22(2,3)19(21(24)15-16-25-4)9-7-8-10-20(23)17-11-13-18(26-5)14-12-17/h6-16,24H,1H2,2-5H3/b9-7+,10-8+,16-15+,21-19-. The van der Waals surface area contributed by atoms with Gasteiger partial charge in [-0.3, -0.25) is 4.79 Å². The first-order valence-corrected chi connectivity index (χ1v) is 8.15. The van der Waals surface area contributed by atoms with E-state index in [1.165, 1.54) is 25.5 Å². The molecular weight excluding hydrogens is 328 g/mol. The number of benzene rings is 1. The zero-order chi connectivity index (χ0) is 19.6. The molecular formula is C22H26O4. The van der Waals surface area contributed by atoms with Crippen LogP contribution in [0.25, 0.3) is 0 Å². The lowest BCUT2D eigenvalue weighted by molar-refractivity contribution is 0.104. The van der Waals surface area contributed by atoms with Crippen molar-refractivity contribution in [2.75, 3.05) is 14.2 Å². The van der Waals surface area contributed by atoms with Crippen molar-refractivity contribution in [3.63, 3.8) is 0 Å². The van der Waals surface area contributed by atoms with Crippen LogP contribution in [-0.2, 0) is 4.74 Å². The molecule has 0 radical (unpaired) electrons. The molecule has 0 amide bonds. The summed E-state index contributed by atoms with van der Waals surface area (Å²) in [6, 6.07) is 6.90. The molecule has 4 heteroatoms. The van der Waals surface area contributed by atoms with Crippen LogP contribution in [0.5, 0.6) is 5.75 Å². The van der Waals surface area contributed by atoms with E-state index in [-0.39, 0.29) is 11.5 Å². The number of ketones is 1. The summed E-state index contributed by atoms with van der Waals surface area (Å²) in [5.41, 5.74) is 0.776. The molecule has 0 aromatic heterocycles. The fourth-order valence-electron chi connectivity index (χ4n) is 2.11. The molecule has 0 fully saturated rings. The number of carbonyl (C=O) groups excluding carboxylic acids is 1. The van der Waals surface area contributed by atoms with Crippen LogP contribution in [0.2, 0.25) is 0 Å². The van der Waals surface area contributed by atoms with E-state index < -0.39 is 5.41 Å². The minimum Gasteiger partial charge on any atom is -0.508 e. The number of aliphatic hydroxyl groups excluding tert-OH is 1. The van der Waals surface area contributed by atoms with E-state index in [0.29, 0.717) is 16.9 Å². The third-order valence-corrected chi connectivity index (χ3v) is 3.84. The zero-order valence-corrected chi connectivity index (χ0v) is 15.7. The maximum Gasteiger partial charge on any atom is 0.185 e. The Morgan fingerprint density at radius 2 is 1.69 bits per heavy atom. The van der Waals surface area contributed by atoms with Gasteiger partial charge in [-0.1, -0.05) is 38.2 Å². The van der Waals surface area contributed by atoms with Gasteiger partial charge in [0.25, 0.3) is 0 Å². The van der Waals surface area contributed by atoms with E-state index in [0.717, 1.165) is 0 Å². The summed E-state index contributed by atoms with van der Waals surface area (Å²) in [6.07, 6.45) is 11.2. The number of methoxy groups -OCH3 is 2. The molecule has 138 valence electrons. The van der Waals surface area contributed by atoms with E-state index in [1.54, 1.807) is 55.7 Å². The maximum absolute atomic E-state index is 12.2. The summed E-state index contributed by atoms with van der Waals surface area (Å²) in [5, 5.41) is 10.3. The summed E-state index contributed by atoms with van der Waals surface area (Å²) < 4.78 is 9.91. The Morgan fingerprint density at radius 3 is 2.23 bits per heavy atom. The molecule has 0 bridgehead atoms. The SMILES string of the molecule is C=CC(C)(C)C(/C=C/C=C/C(=O)c1ccc(OC)cc1)=C(O)/C=C/OC. The second kappa shape index (κ2) is 10.1. The van der Waals surface area contributed by atoms with Crippen molar-refractivity contribution in [2.24, 2.45) is 5.41 Å². The van der Waals surface area contributed by atoms with E-state index >= 15 is 0 Å². The van der Waals surface area contributed by atoms with Crippen LogP contribution in [-0.4, -0.2) is 25.1 Å². The first-order valence-electron chi connectivity index (χ1n) is 8.15. The average Bonchev–Trinajstić information content (AvgIpc) is 2.65. The van der Waals surface area contributed by atoms with E-state index in [1.807, 2.05) is 13.8 Å². The Kier molecular flexibility index (Phi) is 8.16. The normalized spacial score (nSPS) is 13.2. The number of hydrogen-bond acceptors (Lipinski definition) is 4. The number of ether oxygens (including phenoxy) is 2. The van der Waals surface area contributed by atoms with Crippen LogP contribution in [0.1, 0.15) is 24.2 Å². The van der Waals surface area contributed by atoms with Crippen LogP contribution in [0.4, 0.5) is 0 Å². The highest BCUT2D eigenvalue weighted by atomic mass is 16.5. The largest absolute Gasteiger partial charge is 0.508 e. The molecule has 1 aromatic carbocycles. The lowest BCUT2D eigenvalue weighted by atomic mass is 9.83. The van der Waals surface area contributed by atoms with Gasteiger partial charge in [0.1, 0.15) is 11.5 Å². The molecule has 0 aliphatic carbocycles. The Bertz CT molecular complexity index is 732. The van der Waals surface area contributed by atoms with Crippen LogP contribution in [0.3, 0.4) is 0 Å². The van der Waals surface area contributed by atoms with Crippen molar-refractivity contribution in [2.45, 2.75) is 13.8 Å². The molecule has 0 heterocycles. The molecule has 1 aromatic rings. The Labute approximate surface area is 155 Å². The molecule has 0 aliphatic rings. The molecule has 0 saturated carbocycles. The van der Waals surface area contributed by atoms with Crippen LogP contribution >= 0.6 is 0 Å². The quantitative estimate of drug-likeness (QED) is 0.218. The topological polar surface area (TPSA) is 55.8 Å². The van der Waals surface area contributed by atoms with Gasteiger partial charge in [-0.2, -0.15) is 0 Å². The van der Waals surface area contributed by atoms with Crippen LogP contribution < -0.4 is 4.74 Å². The third kappa shape index (κ3) is 6.13. The number of allylic oxidation sites excluding steroid dienone is 7. The van der Waals surface area contributed by atoms with Gasteiger partial charge >= 0.3 is 0 Å². The van der Waals surface area contributed by atoms with Crippen molar-refractivity contribution < 1.29 is 19.4 Å². The van der Waals surface area contributed by atoms with Gasteiger partial charge in [-0.05, 0) is 30.3 Å². The number of hydrogen-bond donors (Lipinski definition) is 1. The molecule has 26 heavy (non-hydrogen) atoms. The first-order chi connectivity index (χ1) is 12.4. The Hall–Kier alpha value is -3.01. The Morgan fingerprint density at radius 1 is 1.08 bits per heavy atom. The molecule has 1 rings (SSSR count). The van der Waals surface area contributed by atoms with Crippen molar-refractivity contribution in [3.8, 4) is 5.75 Å². The Balaban J connectivity index is 2.96. The van der Waals surface area contributed by atoms with Crippen molar-refractivity contribution in [1.82, 2.24) is 0 Å². The summed E-state index contributed by atoms with van der Waals surface area (Å²) in [6.45, 7) is 7.68. The van der Waals surface area contributed by atoms with Gasteiger partial charge < -0.3 is 14.6 Å². The second-order valence-electron chi connectivity index (χ2n) is 6.07. The van der Waals surface area contributed by atoms with E-state index in [9.17, 15) is 9.90 Å². The number of aliphatic hydroxyl groups is 1. The van der Waals surface area contributed by atoms with Gasteiger partial charge in [0.2, 0.25) is 0 Å².